The van der Waals surface area contributed by atoms with Crippen LogP contribution in [0, 0.1) is 0 Å². The summed E-state index contributed by atoms with van der Waals surface area (Å²) >= 11 is 5.80. The van der Waals surface area contributed by atoms with E-state index >= 15 is 0 Å². The molecule has 22 heavy (non-hydrogen) atoms. The molecule has 0 unspecified atom stereocenters. The van der Waals surface area contributed by atoms with Gasteiger partial charge in [0.15, 0.2) is 6.61 Å². The van der Waals surface area contributed by atoms with E-state index in [0.717, 1.165) is 18.5 Å². The van der Waals surface area contributed by atoms with Crippen LogP contribution in [0.3, 0.4) is 0 Å². The van der Waals surface area contributed by atoms with Crippen LogP contribution in [0.1, 0.15) is 24.1 Å². The molecular formula is C16H18ClN3O2. The Labute approximate surface area is 134 Å². The average molecular weight is 320 g/mol. The highest BCUT2D eigenvalue weighted by Crippen LogP contribution is 2.18. The quantitative estimate of drug-likeness (QED) is 0.921. The molecule has 0 atom stereocenters. The largest absolute Gasteiger partial charge is 0.484 e. The van der Waals surface area contributed by atoms with Crippen LogP contribution in [0.15, 0.2) is 30.5 Å². The van der Waals surface area contributed by atoms with Gasteiger partial charge in [0.1, 0.15) is 5.75 Å². The van der Waals surface area contributed by atoms with Crippen LogP contribution in [0.4, 0.5) is 0 Å². The Bertz CT molecular complexity index is 652. The van der Waals surface area contributed by atoms with Crippen molar-refractivity contribution in [1.29, 1.82) is 0 Å². The van der Waals surface area contributed by atoms with E-state index < -0.39 is 0 Å². The monoisotopic (exact) mass is 319 g/mol. The van der Waals surface area contributed by atoms with Gasteiger partial charge in [-0.1, -0.05) is 11.6 Å². The number of fused-ring (bicyclic) bond motifs is 1. The Balaban J connectivity index is 1.48. The van der Waals surface area contributed by atoms with Crippen molar-refractivity contribution in [1.82, 2.24) is 15.1 Å². The van der Waals surface area contributed by atoms with E-state index in [1.54, 1.807) is 24.3 Å². The van der Waals surface area contributed by atoms with E-state index in [1.807, 2.05) is 10.9 Å². The van der Waals surface area contributed by atoms with Crippen LogP contribution < -0.4 is 10.1 Å². The highest BCUT2D eigenvalue weighted by molar-refractivity contribution is 6.30. The molecule has 2 heterocycles. The molecule has 1 aliphatic heterocycles. The molecule has 0 saturated heterocycles. The van der Waals surface area contributed by atoms with Gasteiger partial charge in [-0.25, -0.2) is 0 Å². The molecule has 0 aliphatic carbocycles. The number of aryl methyl sites for hydroxylation is 1. The van der Waals surface area contributed by atoms with Crippen LogP contribution in [0.25, 0.3) is 0 Å². The fraction of sp³-hybridized carbons (Fsp3) is 0.375. The maximum absolute atomic E-state index is 11.9. The number of nitrogens with zero attached hydrogens (tertiary/aromatic N) is 2. The van der Waals surface area contributed by atoms with Gasteiger partial charge < -0.3 is 10.1 Å². The van der Waals surface area contributed by atoms with Gasteiger partial charge >= 0.3 is 0 Å². The summed E-state index contributed by atoms with van der Waals surface area (Å²) in [6.07, 6.45) is 5.25. The van der Waals surface area contributed by atoms with Gasteiger partial charge in [-0.15, -0.1) is 0 Å². The number of carbonyl (C=O) groups is 1. The summed E-state index contributed by atoms with van der Waals surface area (Å²) in [6.45, 7) is 1.46. The second kappa shape index (κ2) is 6.83. The molecule has 6 heteroatoms. The minimum Gasteiger partial charge on any atom is -0.484 e. The van der Waals surface area contributed by atoms with E-state index in [-0.39, 0.29) is 12.5 Å². The zero-order chi connectivity index (χ0) is 15.4. The van der Waals surface area contributed by atoms with Gasteiger partial charge in [-0.05, 0) is 43.5 Å². The smallest absolute Gasteiger partial charge is 0.258 e. The molecule has 1 N–H and O–H groups in total. The van der Waals surface area contributed by atoms with Crippen molar-refractivity contribution in [2.24, 2.45) is 0 Å². The summed E-state index contributed by atoms with van der Waals surface area (Å²) in [5, 5.41) is 7.87. The Hall–Kier alpha value is -2.01. The topological polar surface area (TPSA) is 56.1 Å². The first-order chi connectivity index (χ1) is 10.7. The third-order valence-corrected chi connectivity index (χ3v) is 3.98. The number of ether oxygens (including phenoxy) is 1. The molecule has 1 aromatic heterocycles. The lowest BCUT2D eigenvalue weighted by molar-refractivity contribution is -0.123. The summed E-state index contributed by atoms with van der Waals surface area (Å²) in [7, 11) is 0. The Kier molecular flexibility index (Phi) is 4.63. The lowest BCUT2D eigenvalue weighted by atomic mass is 10.1. The SMILES string of the molecule is O=C(COc1ccc(Cl)cc1)NCc1cnn2c1CCCC2. The fourth-order valence-electron chi connectivity index (χ4n) is 2.56. The van der Waals surface area contributed by atoms with Crippen LogP contribution in [-0.2, 0) is 24.3 Å². The molecule has 0 fully saturated rings. The molecule has 5 nitrogen and oxygen atoms in total. The molecule has 2 aromatic rings. The highest BCUT2D eigenvalue weighted by atomic mass is 35.5. The number of aromatic nitrogens is 2. The Morgan fingerprint density at radius 3 is 2.95 bits per heavy atom. The van der Waals surface area contributed by atoms with E-state index in [4.69, 9.17) is 16.3 Å². The summed E-state index contributed by atoms with van der Waals surface area (Å²) in [4.78, 5) is 11.9. The van der Waals surface area contributed by atoms with Gasteiger partial charge in [0, 0.05) is 29.4 Å². The number of hydrogen-bond donors (Lipinski definition) is 1. The lowest BCUT2D eigenvalue weighted by Gasteiger charge is -2.15. The zero-order valence-electron chi connectivity index (χ0n) is 12.2. The standard InChI is InChI=1S/C16H18ClN3O2/c17-13-4-6-14(7-5-13)22-11-16(21)18-9-12-10-19-20-8-2-1-3-15(12)20/h4-7,10H,1-3,8-9,11H2,(H,18,21). The first-order valence-corrected chi connectivity index (χ1v) is 7.79. The van der Waals surface area contributed by atoms with Crippen molar-refractivity contribution >= 4 is 17.5 Å². The van der Waals surface area contributed by atoms with Crippen molar-refractivity contribution in [3.63, 3.8) is 0 Å². The molecule has 1 amide bonds. The van der Waals surface area contributed by atoms with Crippen LogP contribution in [-0.4, -0.2) is 22.3 Å². The Morgan fingerprint density at radius 1 is 1.32 bits per heavy atom. The summed E-state index contributed by atoms with van der Waals surface area (Å²) in [6, 6.07) is 6.94. The van der Waals surface area contributed by atoms with E-state index in [9.17, 15) is 4.79 Å². The van der Waals surface area contributed by atoms with E-state index in [0.29, 0.717) is 17.3 Å². The summed E-state index contributed by atoms with van der Waals surface area (Å²) < 4.78 is 7.45. The number of carbonyl (C=O) groups excluding carboxylic acids is 1. The Morgan fingerprint density at radius 2 is 2.14 bits per heavy atom. The third-order valence-electron chi connectivity index (χ3n) is 3.73. The molecular weight excluding hydrogens is 302 g/mol. The first kappa shape index (κ1) is 14.9. The maximum atomic E-state index is 11.9. The van der Waals surface area contributed by atoms with Crippen molar-refractivity contribution in [2.75, 3.05) is 6.61 Å². The molecule has 0 radical (unpaired) electrons. The molecule has 0 spiro atoms. The molecule has 1 aromatic carbocycles. The number of rotatable bonds is 5. The van der Waals surface area contributed by atoms with Crippen LogP contribution in [0.2, 0.25) is 5.02 Å². The molecule has 0 bridgehead atoms. The first-order valence-electron chi connectivity index (χ1n) is 7.41. The number of benzene rings is 1. The number of nitrogens with one attached hydrogen (secondary N) is 1. The fourth-order valence-corrected chi connectivity index (χ4v) is 2.68. The second-order valence-electron chi connectivity index (χ2n) is 5.32. The number of hydrogen-bond acceptors (Lipinski definition) is 3. The number of halogens is 1. The van der Waals surface area contributed by atoms with Crippen molar-refractivity contribution < 1.29 is 9.53 Å². The van der Waals surface area contributed by atoms with Gasteiger partial charge in [0.25, 0.3) is 5.91 Å². The molecule has 116 valence electrons. The average Bonchev–Trinajstić information content (AvgIpc) is 2.96. The maximum Gasteiger partial charge on any atom is 0.258 e. The predicted molar refractivity (Wildman–Crippen MR) is 84.0 cm³/mol. The minimum absolute atomic E-state index is 0.00883. The molecule has 1 aliphatic rings. The normalized spacial score (nSPS) is 13.5. The van der Waals surface area contributed by atoms with Crippen LogP contribution >= 0.6 is 11.6 Å². The number of amides is 1. The summed E-state index contributed by atoms with van der Waals surface area (Å²) in [5.74, 6) is 0.480. The van der Waals surface area contributed by atoms with Crippen molar-refractivity contribution in [2.45, 2.75) is 32.4 Å². The molecule has 0 saturated carbocycles. The predicted octanol–water partition coefficient (Wildman–Crippen LogP) is 2.57. The van der Waals surface area contributed by atoms with Gasteiger partial charge in [-0.3, -0.25) is 9.48 Å². The van der Waals surface area contributed by atoms with Gasteiger partial charge in [0.2, 0.25) is 0 Å². The second-order valence-corrected chi connectivity index (χ2v) is 5.75. The zero-order valence-corrected chi connectivity index (χ0v) is 13.0. The van der Waals surface area contributed by atoms with Crippen molar-refractivity contribution in [3.8, 4) is 5.75 Å². The van der Waals surface area contributed by atoms with E-state index in [2.05, 4.69) is 10.4 Å². The van der Waals surface area contributed by atoms with Gasteiger partial charge in [-0.2, -0.15) is 5.10 Å². The van der Waals surface area contributed by atoms with Crippen molar-refractivity contribution in [3.05, 3.63) is 46.7 Å². The van der Waals surface area contributed by atoms with E-state index in [1.165, 1.54) is 18.5 Å². The summed E-state index contributed by atoms with van der Waals surface area (Å²) in [5.41, 5.74) is 2.34. The lowest BCUT2D eigenvalue weighted by Crippen LogP contribution is -2.28. The minimum atomic E-state index is -0.147. The van der Waals surface area contributed by atoms with Crippen LogP contribution in [0.5, 0.6) is 5.75 Å². The molecule has 3 rings (SSSR count). The third kappa shape index (κ3) is 3.60. The highest BCUT2D eigenvalue weighted by Gasteiger charge is 2.15. The van der Waals surface area contributed by atoms with Gasteiger partial charge in [0.05, 0.1) is 6.20 Å².